The number of nitrogens with one attached hydrogen (secondary N) is 1. The number of hydrogen-bond acceptors (Lipinski definition) is 2. The third-order valence-electron chi connectivity index (χ3n) is 3.94. The van der Waals surface area contributed by atoms with E-state index in [1.54, 1.807) is 12.1 Å². The highest BCUT2D eigenvalue weighted by Crippen LogP contribution is 2.32. The highest BCUT2D eigenvalue weighted by atomic mass is 35.5. The van der Waals surface area contributed by atoms with Crippen LogP contribution in [0.3, 0.4) is 0 Å². The van der Waals surface area contributed by atoms with E-state index < -0.39 is 5.97 Å². The number of benzene rings is 2. The third kappa shape index (κ3) is 3.09. The lowest BCUT2D eigenvalue weighted by Crippen LogP contribution is -2.18. The standard InChI is InChI=1S/C17H16ClNO2/c18-14-6-7-15-13(9-14)5-8-16(15)19-10-11-1-3-12(4-2-11)17(20)21/h1-4,6-7,9,16,19H,5,8,10H2,(H,20,21)/t16-/m1/s1. The van der Waals surface area contributed by atoms with Gasteiger partial charge in [-0.1, -0.05) is 29.8 Å². The molecule has 0 amide bonds. The Morgan fingerprint density at radius 2 is 2.00 bits per heavy atom. The zero-order valence-corrected chi connectivity index (χ0v) is 12.2. The average molecular weight is 302 g/mol. The minimum Gasteiger partial charge on any atom is -0.478 e. The Bertz CT molecular complexity index is 667. The Morgan fingerprint density at radius 3 is 2.71 bits per heavy atom. The number of carbonyl (C=O) groups is 1. The summed E-state index contributed by atoms with van der Waals surface area (Å²) < 4.78 is 0. The van der Waals surface area contributed by atoms with Crippen LogP contribution in [0.25, 0.3) is 0 Å². The minimum atomic E-state index is -0.892. The van der Waals surface area contributed by atoms with Crippen molar-refractivity contribution in [3.63, 3.8) is 0 Å². The van der Waals surface area contributed by atoms with Gasteiger partial charge in [0, 0.05) is 17.6 Å². The van der Waals surface area contributed by atoms with E-state index in [9.17, 15) is 4.79 Å². The van der Waals surface area contributed by atoms with Gasteiger partial charge in [-0.2, -0.15) is 0 Å². The van der Waals surface area contributed by atoms with Crippen molar-refractivity contribution >= 4 is 17.6 Å². The van der Waals surface area contributed by atoms with E-state index in [0.29, 0.717) is 11.6 Å². The van der Waals surface area contributed by atoms with Crippen molar-refractivity contribution in [1.82, 2.24) is 5.32 Å². The normalized spacial score (nSPS) is 16.7. The number of aryl methyl sites for hydroxylation is 1. The molecular formula is C17H16ClNO2. The molecule has 0 aliphatic heterocycles. The van der Waals surface area contributed by atoms with E-state index >= 15 is 0 Å². The van der Waals surface area contributed by atoms with Gasteiger partial charge in [-0.05, 0) is 53.8 Å². The quantitative estimate of drug-likeness (QED) is 0.902. The Balaban J connectivity index is 1.65. The molecule has 1 aliphatic rings. The van der Waals surface area contributed by atoms with Crippen LogP contribution in [0.2, 0.25) is 5.02 Å². The van der Waals surface area contributed by atoms with Crippen molar-refractivity contribution in [2.24, 2.45) is 0 Å². The average Bonchev–Trinajstić information content (AvgIpc) is 2.87. The Hall–Kier alpha value is -1.84. The molecule has 2 aromatic rings. The summed E-state index contributed by atoms with van der Waals surface area (Å²) in [5.41, 5.74) is 4.05. The molecule has 4 heteroatoms. The van der Waals surface area contributed by atoms with Gasteiger partial charge >= 0.3 is 5.97 Å². The second-order valence-electron chi connectivity index (χ2n) is 5.32. The number of fused-ring (bicyclic) bond motifs is 1. The van der Waals surface area contributed by atoms with Crippen LogP contribution >= 0.6 is 11.6 Å². The van der Waals surface area contributed by atoms with Gasteiger partial charge < -0.3 is 10.4 Å². The van der Waals surface area contributed by atoms with E-state index in [1.807, 2.05) is 24.3 Å². The fourth-order valence-electron chi connectivity index (χ4n) is 2.80. The molecule has 108 valence electrons. The van der Waals surface area contributed by atoms with Crippen molar-refractivity contribution in [2.45, 2.75) is 25.4 Å². The molecule has 0 spiro atoms. The molecule has 0 aromatic heterocycles. The van der Waals surface area contributed by atoms with Gasteiger partial charge in [0.05, 0.1) is 5.56 Å². The van der Waals surface area contributed by atoms with Crippen LogP contribution in [0.15, 0.2) is 42.5 Å². The van der Waals surface area contributed by atoms with Gasteiger partial charge in [0.2, 0.25) is 0 Å². The maximum Gasteiger partial charge on any atom is 0.335 e. The summed E-state index contributed by atoms with van der Waals surface area (Å²) in [6.45, 7) is 0.729. The molecular weight excluding hydrogens is 286 g/mol. The van der Waals surface area contributed by atoms with Gasteiger partial charge in [0.1, 0.15) is 0 Å². The highest BCUT2D eigenvalue weighted by Gasteiger charge is 2.21. The molecule has 0 saturated carbocycles. The summed E-state index contributed by atoms with van der Waals surface area (Å²) in [5, 5.41) is 13.2. The van der Waals surface area contributed by atoms with E-state index in [0.717, 1.165) is 30.0 Å². The largest absolute Gasteiger partial charge is 0.478 e. The van der Waals surface area contributed by atoms with E-state index in [-0.39, 0.29) is 0 Å². The van der Waals surface area contributed by atoms with Gasteiger partial charge in [-0.3, -0.25) is 0 Å². The van der Waals surface area contributed by atoms with Crippen LogP contribution in [0.4, 0.5) is 0 Å². The van der Waals surface area contributed by atoms with Crippen molar-refractivity contribution in [1.29, 1.82) is 0 Å². The number of carboxylic acid groups (broad SMARTS) is 1. The first-order chi connectivity index (χ1) is 10.1. The summed E-state index contributed by atoms with van der Waals surface area (Å²) in [4.78, 5) is 10.8. The summed E-state index contributed by atoms with van der Waals surface area (Å²) in [7, 11) is 0. The lowest BCUT2D eigenvalue weighted by atomic mass is 10.1. The third-order valence-corrected chi connectivity index (χ3v) is 4.17. The number of rotatable bonds is 4. The van der Waals surface area contributed by atoms with Crippen LogP contribution in [-0.4, -0.2) is 11.1 Å². The minimum absolute atomic E-state index is 0.319. The maximum atomic E-state index is 10.8. The number of halogens is 1. The van der Waals surface area contributed by atoms with E-state index in [2.05, 4.69) is 11.4 Å². The second kappa shape index (κ2) is 5.88. The van der Waals surface area contributed by atoms with Gasteiger partial charge in [0.15, 0.2) is 0 Å². The van der Waals surface area contributed by atoms with Crippen molar-refractivity contribution < 1.29 is 9.90 Å². The van der Waals surface area contributed by atoms with Crippen LogP contribution in [0.1, 0.15) is 39.5 Å². The Morgan fingerprint density at radius 1 is 1.24 bits per heavy atom. The summed E-state index contributed by atoms with van der Waals surface area (Å²) in [6, 6.07) is 13.4. The first kappa shape index (κ1) is 14.1. The molecule has 3 rings (SSSR count). The predicted molar refractivity (Wildman–Crippen MR) is 82.8 cm³/mol. The van der Waals surface area contributed by atoms with Crippen LogP contribution in [-0.2, 0) is 13.0 Å². The van der Waals surface area contributed by atoms with Crippen molar-refractivity contribution in [3.05, 3.63) is 69.7 Å². The number of carboxylic acids is 1. The summed E-state index contributed by atoms with van der Waals surface area (Å²) in [5.74, 6) is -0.892. The lowest BCUT2D eigenvalue weighted by Gasteiger charge is -2.14. The molecule has 0 unspecified atom stereocenters. The first-order valence-corrected chi connectivity index (χ1v) is 7.35. The molecule has 2 aromatic carbocycles. The molecule has 0 fully saturated rings. The fraction of sp³-hybridized carbons (Fsp3) is 0.235. The summed E-state index contributed by atoms with van der Waals surface area (Å²) >= 11 is 6.02. The Labute approximate surface area is 128 Å². The molecule has 2 N–H and O–H groups in total. The fourth-order valence-corrected chi connectivity index (χ4v) is 3.00. The number of aromatic carboxylic acids is 1. The zero-order chi connectivity index (χ0) is 14.8. The molecule has 0 heterocycles. The second-order valence-corrected chi connectivity index (χ2v) is 5.75. The molecule has 0 bridgehead atoms. The summed E-state index contributed by atoms with van der Waals surface area (Å²) in [6.07, 6.45) is 2.12. The van der Waals surface area contributed by atoms with E-state index in [1.165, 1.54) is 11.1 Å². The monoisotopic (exact) mass is 301 g/mol. The van der Waals surface area contributed by atoms with E-state index in [4.69, 9.17) is 16.7 Å². The van der Waals surface area contributed by atoms with Crippen LogP contribution in [0.5, 0.6) is 0 Å². The molecule has 1 atom stereocenters. The predicted octanol–water partition coefficient (Wildman–Crippen LogP) is 3.82. The molecule has 0 saturated heterocycles. The maximum absolute atomic E-state index is 10.8. The van der Waals surface area contributed by atoms with Gasteiger partial charge in [-0.15, -0.1) is 0 Å². The van der Waals surface area contributed by atoms with Gasteiger partial charge in [0.25, 0.3) is 0 Å². The molecule has 1 aliphatic carbocycles. The topological polar surface area (TPSA) is 49.3 Å². The zero-order valence-electron chi connectivity index (χ0n) is 11.5. The molecule has 3 nitrogen and oxygen atoms in total. The van der Waals surface area contributed by atoms with Crippen molar-refractivity contribution in [3.8, 4) is 0 Å². The van der Waals surface area contributed by atoms with Crippen LogP contribution < -0.4 is 5.32 Å². The molecule has 0 radical (unpaired) electrons. The highest BCUT2D eigenvalue weighted by molar-refractivity contribution is 6.30. The lowest BCUT2D eigenvalue weighted by molar-refractivity contribution is 0.0697. The van der Waals surface area contributed by atoms with Gasteiger partial charge in [-0.25, -0.2) is 4.79 Å². The first-order valence-electron chi connectivity index (χ1n) is 6.97. The van der Waals surface area contributed by atoms with Crippen LogP contribution in [0, 0.1) is 0 Å². The molecule has 21 heavy (non-hydrogen) atoms. The van der Waals surface area contributed by atoms with Crippen molar-refractivity contribution in [2.75, 3.05) is 0 Å². The SMILES string of the molecule is O=C(O)c1ccc(CN[C@@H]2CCc3cc(Cl)ccc32)cc1. The smallest absolute Gasteiger partial charge is 0.335 e. The Kier molecular flexibility index (Phi) is 3.95. The number of hydrogen-bond donors (Lipinski definition) is 2.